The van der Waals surface area contributed by atoms with E-state index in [1.54, 1.807) is 6.07 Å². The number of amides is 1. The first-order chi connectivity index (χ1) is 24.6. The fourth-order valence-corrected chi connectivity index (χ4v) is 7.93. The molecule has 7 N–H and O–H groups in total. The van der Waals surface area contributed by atoms with Gasteiger partial charge < -0.3 is 20.7 Å². The second-order valence-electron chi connectivity index (χ2n) is 16.4. The molecule has 54 heavy (non-hydrogen) atoms. The maximum absolute atomic E-state index is 12.5. The highest BCUT2D eigenvalue weighted by Crippen LogP contribution is 2.42. The number of likely N-dealkylation sites (tertiary alicyclic amines) is 1. The minimum Gasteiger partial charge on any atom is -0.444 e. The summed E-state index contributed by atoms with van der Waals surface area (Å²) in [6.07, 6.45) is 12.1. The smallest absolute Gasteiger partial charge is 0.410 e. The van der Waals surface area contributed by atoms with Crippen molar-refractivity contribution in [3.63, 3.8) is 0 Å². The van der Waals surface area contributed by atoms with Gasteiger partial charge in [-0.05, 0) is 121 Å². The van der Waals surface area contributed by atoms with E-state index in [2.05, 4.69) is 43.0 Å². The third kappa shape index (κ3) is 18.0. The minimum atomic E-state index is -3.81. The van der Waals surface area contributed by atoms with Crippen LogP contribution in [0.15, 0.2) is 46.7 Å². The number of anilines is 2. The van der Waals surface area contributed by atoms with Crippen molar-refractivity contribution in [2.45, 2.75) is 121 Å². The maximum atomic E-state index is 12.5. The van der Waals surface area contributed by atoms with Gasteiger partial charge in [0.1, 0.15) is 5.60 Å². The molecule has 2 aromatic rings. The van der Waals surface area contributed by atoms with Crippen molar-refractivity contribution in [1.29, 1.82) is 0 Å². The molecule has 2 aliphatic rings. The third-order valence-electron chi connectivity index (χ3n) is 8.89. The van der Waals surface area contributed by atoms with Gasteiger partial charge in [0.15, 0.2) is 10.1 Å². The number of nitrogens with zero attached hydrogens (tertiary/aromatic N) is 3. The molecule has 1 aliphatic heterocycles. The van der Waals surface area contributed by atoms with Crippen molar-refractivity contribution in [1.82, 2.24) is 14.9 Å². The highest BCUT2D eigenvalue weighted by atomic mass is 32.2. The quantitative estimate of drug-likeness (QED) is 0.165. The Balaban J connectivity index is 0.000000322. The zero-order chi connectivity index (χ0) is 41.2. The van der Waals surface area contributed by atoms with Gasteiger partial charge in [-0.3, -0.25) is 4.18 Å². The Bertz CT molecular complexity index is 1870. The van der Waals surface area contributed by atoms with Gasteiger partial charge in [0.05, 0.1) is 12.9 Å². The number of carbonyl (C=O) groups is 1. The van der Waals surface area contributed by atoms with Gasteiger partial charge in [-0.25, -0.2) is 41.9 Å². The van der Waals surface area contributed by atoms with Crippen LogP contribution in [-0.2, 0) is 39.1 Å². The number of nitrogens with two attached hydrogens (primary N) is 3. The number of nitrogen functional groups attached to an aromatic ring is 1. The molecular weight excluding hydrogens is 759 g/mol. The number of rotatable bonds is 12. The monoisotopic (exact) mass is 819 g/mol. The number of hydrogen-bond acceptors (Lipinski definition) is 13. The van der Waals surface area contributed by atoms with Crippen LogP contribution in [-0.4, -0.2) is 83.3 Å². The average Bonchev–Trinajstić information content (AvgIpc) is 3.52. The Hall–Kier alpha value is -3.10. The fourth-order valence-electron chi connectivity index (χ4n) is 6.51. The third-order valence-corrected chi connectivity index (χ3v) is 11.1. The van der Waals surface area contributed by atoms with E-state index in [0.29, 0.717) is 42.4 Å². The molecule has 1 amide bonds. The highest BCUT2D eigenvalue weighted by Gasteiger charge is 2.42. The van der Waals surface area contributed by atoms with Crippen LogP contribution in [0.5, 0.6) is 0 Å². The summed E-state index contributed by atoms with van der Waals surface area (Å²) in [6, 6.07) is 5.82. The van der Waals surface area contributed by atoms with Crippen molar-refractivity contribution >= 4 is 47.6 Å². The lowest BCUT2D eigenvalue weighted by molar-refractivity contribution is 0.0130. The van der Waals surface area contributed by atoms with Crippen molar-refractivity contribution in [3.8, 4) is 0 Å². The molecule has 1 saturated carbocycles. The van der Waals surface area contributed by atoms with E-state index in [1.807, 2.05) is 25.7 Å². The van der Waals surface area contributed by atoms with Crippen molar-refractivity contribution in [2.24, 2.45) is 27.5 Å². The topological polar surface area (TPSA) is 257 Å². The van der Waals surface area contributed by atoms with Crippen molar-refractivity contribution in [3.05, 3.63) is 36.7 Å². The Morgan fingerprint density at radius 3 is 1.98 bits per heavy atom. The maximum Gasteiger partial charge on any atom is 0.410 e. The fraction of sp³-hybridized carbons (Fsp3) is 0.686. The molecule has 308 valence electrons. The summed E-state index contributed by atoms with van der Waals surface area (Å²) in [5.41, 5.74) is 6.04. The molecular formula is C35H61N7O9S3. The van der Waals surface area contributed by atoms with Gasteiger partial charge in [0.25, 0.3) is 30.2 Å². The molecule has 0 aromatic carbocycles. The van der Waals surface area contributed by atoms with E-state index in [1.165, 1.54) is 49.9 Å². The van der Waals surface area contributed by atoms with Crippen LogP contribution in [0.1, 0.15) is 99.8 Å². The average molecular weight is 820 g/mol. The zero-order valence-corrected chi connectivity index (χ0v) is 35.3. The van der Waals surface area contributed by atoms with Crippen LogP contribution < -0.4 is 21.3 Å². The van der Waals surface area contributed by atoms with Gasteiger partial charge in [-0.2, -0.15) is 8.42 Å². The molecule has 0 bridgehead atoms. The number of carbonyl (C=O) groups excluding carboxylic acids is 1. The van der Waals surface area contributed by atoms with E-state index in [-0.39, 0.29) is 21.7 Å². The first kappa shape index (κ1) is 47.1. The molecule has 0 spiro atoms. The number of pyridine rings is 2. The molecule has 2 atom stereocenters. The second kappa shape index (κ2) is 19.2. The Kier molecular flexibility index (Phi) is 16.7. The summed E-state index contributed by atoms with van der Waals surface area (Å²) in [6.45, 7) is 16.1. The number of hydrogen-bond donors (Lipinski definition) is 4. The zero-order valence-electron chi connectivity index (χ0n) is 32.9. The number of aromatic nitrogens is 2. The first-order valence-corrected chi connectivity index (χ1v) is 22.8. The molecule has 19 heteroatoms. The Morgan fingerprint density at radius 2 is 1.48 bits per heavy atom. The summed E-state index contributed by atoms with van der Waals surface area (Å²) < 4.78 is 75.7. The van der Waals surface area contributed by atoms with Crippen LogP contribution in [0.2, 0.25) is 0 Å². The van der Waals surface area contributed by atoms with Gasteiger partial charge in [0, 0.05) is 48.5 Å². The van der Waals surface area contributed by atoms with E-state index in [9.17, 15) is 30.0 Å². The van der Waals surface area contributed by atoms with E-state index in [0.717, 1.165) is 44.3 Å². The van der Waals surface area contributed by atoms with Crippen LogP contribution >= 0.6 is 0 Å². The van der Waals surface area contributed by atoms with Crippen molar-refractivity contribution in [2.75, 3.05) is 37.0 Å². The second-order valence-corrected chi connectivity index (χ2v) is 21.0. The largest absolute Gasteiger partial charge is 0.444 e. The van der Waals surface area contributed by atoms with Crippen LogP contribution in [0.3, 0.4) is 0 Å². The molecule has 1 saturated heterocycles. The number of sulfonamides is 2. The lowest BCUT2D eigenvalue weighted by atomic mass is 9.89. The number of primary sulfonamides is 2. The number of ether oxygens (including phenoxy) is 1. The molecule has 3 heterocycles. The molecule has 16 nitrogen and oxygen atoms in total. The highest BCUT2D eigenvalue weighted by molar-refractivity contribution is 7.89. The van der Waals surface area contributed by atoms with Gasteiger partial charge in [-0.15, -0.1) is 0 Å². The van der Waals surface area contributed by atoms with Gasteiger partial charge >= 0.3 is 6.09 Å². The van der Waals surface area contributed by atoms with E-state index in [4.69, 9.17) is 24.9 Å². The van der Waals surface area contributed by atoms with Gasteiger partial charge in [0.2, 0.25) is 0 Å². The molecule has 1 aliphatic carbocycles. The molecule has 0 radical (unpaired) electrons. The minimum absolute atomic E-state index is 0.150. The lowest BCUT2D eigenvalue weighted by Gasteiger charge is -2.33. The molecule has 2 unspecified atom stereocenters. The Morgan fingerprint density at radius 1 is 0.907 bits per heavy atom. The molecule has 2 aromatic heterocycles. The Labute approximate surface area is 322 Å². The molecule has 2 fully saturated rings. The summed E-state index contributed by atoms with van der Waals surface area (Å²) in [4.78, 5) is 21.6. The summed E-state index contributed by atoms with van der Waals surface area (Å²) in [7, 11) is -10.8. The standard InChI is InChI=1S/C19H32N4O4S.C11H22O3S.C5H7N3O2S/c1-18(2,3)27-17(24)23-13-14(12-19(23,4)5)7-6-9-21-15-8-10-22-16(11-15)28(20,25)26;1-11(2)7-6-10(9-11)5-4-8-14-15(3,12)13;6-4-1-2-8-5(3-4)11(7,9)10/h8,10-11,14H,6-7,9,12-13H2,1-5H3,(H,21,22)(H2,20,25,26);10H,4-9H2,1-3H3;1-3H,(H2,6,8)(H2,7,9,10). The molecule has 4 rings (SSSR count). The normalized spacial score (nSPS) is 19.6. The summed E-state index contributed by atoms with van der Waals surface area (Å²) in [5.74, 6) is 1.17. The van der Waals surface area contributed by atoms with Crippen LogP contribution in [0.4, 0.5) is 16.2 Å². The van der Waals surface area contributed by atoms with E-state index >= 15 is 0 Å². The van der Waals surface area contributed by atoms with Crippen molar-refractivity contribution < 1.29 is 39.0 Å². The predicted octanol–water partition coefficient (Wildman–Crippen LogP) is 4.84. The van der Waals surface area contributed by atoms with Gasteiger partial charge in [-0.1, -0.05) is 13.8 Å². The SMILES string of the molecule is CC(C)(C)OC(=O)N1CC(CCCNc2ccnc(S(N)(=O)=O)c2)CC1(C)C.CC1(C)CCC(CCCOS(C)(=O)=O)C1.Nc1ccnc(S(N)(=O)=O)c1. The summed E-state index contributed by atoms with van der Waals surface area (Å²) >= 11 is 0. The van der Waals surface area contributed by atoms with E-state index < -0.39 is 35.8 Å². The predicted molar refractivity (Wildman–Crippen MR) is 210 cm³/mol. The number of nitrogens with one attached hydrogen (secondary N) is 1. The summed E-state index contributed by atoms with van der Waals surface area (Å²) in [5, 5.41) is 12.7. The lowest BCUT2D eigenvalue weighted by Crippen LogP contribution is -2.45. The van der Waals surface area contributed by atoms with Crippen LogP contribution in [0.25, 0.3) is 0 Å². The first-order valence-electron chi connectivity index (χ1n) is 17.9. The van der Waals surface area contributed by atoms with Crippen LogP contribution in [0, 0.1) is 17.3 Å².